The van der Waals surface area contributed by atoms with Gasteiger partial charge < -0.3 is 5.32 Å². The number of nitrogens with zero attached hydrogens (tertiary/aromatic N) is 2. The van der Waals surface area contributed by atoms with Gasteiger partial charge in [-0.15, -0.1) is 0 Å². The standard InChI is InChI=1S/C21H21F4N3O/c1-20(2,3)10-9-17(29)27-19-18(28-12-15(22)7-8-16(28)26-19)13-5-4-6-14(11-13)21(23,24)25/h4-8,11-12H,9-10H2,1-3H3,(H,27,29). The van der Waals surface area contributed by atoms with Crippen molar-refractivity contribution in [3.63, 3.8) is 0 Å². The average molecular weight is 407 g/mol. The normalized spacial score (nSPS) is 12.4. The maximum absolute atomic E-state index is 13.8. The first-order valence-electron chi connectivity index (χ1n) is 9.09. The van der Waals surface area contributed by atoms with Crippen LogP contribution in [0.2, 0.25) is 0 Å². The first kappa shape index (κ1) is 20.8. The van der Waals surface area contributed by atoms with E-state index in [1.54, 1.807) is 0 Å². The highest BCUT2D eigenvalue weighted by Crippen LogP contribution is 2.35. The zero-order valence-corrected chi connectivity index (χ0v) is 16.3. The first-order valence-corrected chi connectivity index (χ1v) is 9.09. The average Bonchev–Trinajstić information content (AvgIpc) is 2.95. The minimum atomic E-state index is -4.53. The van der Waals surface area contributed by atoms with Crippen LogP contribution in [0.25, 0.3) is 16.9 Å². The molecule has 3 rings (SSSR count). The van der Waals surface area contributed by atoms with Crippen LogP contribution in [0.3, 0.4) is 0 Å². The summed E-state index contributed by atoms with van der Waals surface area (Å²) in [4.78, 5) is 16.7. The van der Waals surface area contributed by atoms with E-state index >= 15 is 0 Å². The number of alkyl halides is 3. The second-order valence-electron chi connectivity index (χ2n) is 8.07. The largest absolute Gasteiger partial charge is 0.416 e. The molecular formula is C21H21F4N3O. The molecule has 0 aliphatic heterocycles. The lowest BCUT2D eigenvalue weighted by Crippen LogP contribution is -2.16. The molecule has 0 unspecified atom stereocenters. The van der Waals surface area contributed by atoms with Crippen LogP contribution in [0.15, 0.2) is 42.6 Å². The number of fused-ring (bicyclic) bond motifs is 1. The molecule has 2 aromatic heterocycles. The van der Waals surface area contributed by atoms with Gasteiger partial charge in [-0.25, -0.2) is 9.37 Å². The molecular weight excluding hydrogens is 386 g/mol. The van der Waals surface area contributed by atoms with Gasteiger partial charge in [0.2, 0.25) is 5.91 Å². The van der Waals surface area contributed by atoms with Gasteiger partial charge in [0.1, 0.15) is 11.5 Å². The summed E-state index contributed by atoms with van der Waals surface area (Å²) in [5.74, 6) is -0.792. The summed E-state index contributed by atoms with van der Waals surface area (Å²) in [6, 6.07) is 7.24. The summed E-state index contributed by atoms with van der Waals surface area (Å²) < 4.78 is 54.6. The molecule has 8 heteroatoms. The minimum absolute atomic E-state index is 0.0523. The lowest BCUT2D eigenvalue weighted by molar-refractivity contribution is -0.137. The van der Waals surface area contributed by atoms with E-state index in [1.165, 1.54) is 28.7 Å². The fraction of sp³-hybridized carbons (Fsp3) is 0.333. The van der Waals surface area contributed by atoms with Crippen LogP contribution in [-0.4, -0.2) is 15.3 Å². The quantitative estimate of drug-likeness (QED) is 0.546. The van der Waals surface area contributed by atoms with E-state index in [9.17, 15) is 22.4 Å². The monoisotopic (exact) mass is 407 g/mol. The van der Waals surface area contributed by atoms with Crippen molar-refractivity contribution in [2.24, 2.45) is 5.41 Å². The molecule has 0 aliphatic carbocycles. The number of halogens is 4. The van der Waals surface area contributed by atoms with Crippen molar-refractivity contribution < 1.29 is 22.4 Å². The van der Waals surface area contributed by atoms with Gasteiger partial charge in [0.05, 0.1) is 11.3 Å². The predicted octanol–water partition coefficient (Wildman–Crippen LogP) is 5.92. The molecule has 1 N–H and O–H groups in total. The zero-order chi connectivity index (χ0) is 21.4. The molecule has 0 fully saturated rings. The third-order valence-electron chi connectivity index (χ3n) is 4.41. The highest BCUT2D eigenvalue weighted by atomic mass is 19.4. The van der Waals surface area contributed by atoms with Gasteiger partial charge in [-0.05, 0) is 36.1 Å². The molecule has 1 amide bonds. The molecule has 0 aliphatic rings. The van der Waals surface area contributed by atoms with E-state index in [-0.39, 0.29) is 34.8 Å². The van der Waals surface area contributed by atoms with E-state index in [0.29, 0.717) is 12.1 Å². The minimum Gasteiger partial charge on any atom is -0.309 e. The van der Waals surface area contributed by atoms with Gasteiger partial charge in [-0.2, -0.15) is 13.2 Å². The molecule has 2 heterocycles. The van der Waals surface area contributed by atoms with E-state index in [2.05, 4.69) is 10.3 Å². The number of hydrogen-bond donors (Lipinski definition) is 1. The second kappa shape index (κ2) is 7.50. The number of benzene rings is 1. The smallest absolute Gasteiger partial charge is 0.309 e. The Morgan fingerprint density at radius 2 is 1.86 bits per heavy atom. The van der Waals surface area contributed by atoms with Crippen molar-refractivity contribution in [1.82, 2.24) is 9.38 Å². The Kier molecular flexibility index (Phi) is 5.38. The van der Waals surface area contributed by atoms with Gasteiger partial charge in [0.25, 0.3) is 0 Å². The second-order valence-corrected chi connectivity index (χ2v) is 8.07. The lowest BCUT2D eigenvalue weighted by atomic mass is 9.90. The molecule has 0 saturated carbocycles. The molecule has 29 heavy (non-hydrogen) atoms. The number of rotatable bonds is 4. The number of anilines is 1. The van der Waals surface area contributed by atoms with Gasteiger partial charge in [0.15, 0.2) is 5.82 Å². The molecule has 3 aromatic rings. The van der Waals surface area contributed by atoms with Crippen molar-refractivity contribution in [1.29, 1.82) is 0 Å². The Morgan fingerprint density at radius 3 is 2.52 bits per heavy atom. The van der Waals surface area contributed by atoms with Crippen molar-refractivity contribution in [3.05, 3.63) is 54.0 Å². The van der Waals surface area contributed by atoms with E-state index in [0.717, 1.165) is 18.3 Å². The first-order chi connectivity index (χ1) is 13.4. The highest BCUT2D eigenvalue weighted by Gasteiger charge is 2.31. The maximum Gasteiger partial charge on any atom is 0.416 e. The lowest BCUT2D eigenvalue weighted by Gasteiger charge is -2.17. The van der Waals surface area contributed by atoms with Crippen LogP contribution in [0.1, 0.15) is 39.2 Å². The van der Waals surface area contributed by atoms with Crippen molar-refractivity contribution >= 4 is 17.4 Å². The van der Waals surface area contributed by atoms with Crippen molar-refractivity contribution in [3.8, 4) is 11.3 Å². The molecule has 0 spiro atoms. The van der Waals surface area contributed by atoms with Gasteiger partial charge in [-0.1, -0.05) is 32.9 Å². The number of hydrogen-bond acceptors (Lipinski definition) is 2. The molecule has 0 atom stereocenters. The molecule has 0 saturated heterocycles. The van der Waals surface area contributed by atoms with E-state index in [4.69, 9.17) is 0 Å². The molecule has 1 aromatic carbocycles. The molecule has 0 radical (unpaired) electrons. The maximum atomic E-state index is 13.8. The van der Waals surface area contributed by atoms with Crippen LogP contribution in [-0.2, 0) is 11.0 Å². The fourth-order valence-corrected chi connectivity index (χ4v) is 2.91. The van der Waals surface area contributed by atoms with E-state index in [1.807, 2.05) is 20.8 Å². The summed E-state index contributed by atoms with van der Waals surface area (Å²) in [7, 11) is 0. The number of carbonyl (C=O) groups excluding carboxylic acids is 1. The highest BCUT2D eigenvalue weighted by molar-refractivity contribution is 5.94. The number of imidazole rings is 1. The van der Waals surface area contributed by atoms with Crippen LogP contribution in [0, 0.1) is 11.2 Å². The van der Waals surface area contributed by atoms with Crippen LogP contribution in [0.5, 0.6) is 0 Å². The predicted molar refractivity (Wildman–Crippen MR) is 103 cm³/mol. The summed E-state index contributed by atoms with van der Waals surface area (Å²) >= 11 is 0. The Hall–Kier alpha value is -2.90. The zero-order valence-electron chi connectivity index (χ0n) is 16.3. The molecule has 0 bridgehead atoms. The number of nitrogens with one attached hydrogen (secondary N) is 1. The van der Waals surface area contributed by atoms with Gasteiger partial charge in [0, 0.05) is 18.2 Å². The Bertz CT molecular complexity index is 1050. The van der Waals surface area contributed by atoms with Crippen molar-refractivity contribution in [2.75, 3.05) is 5.32 Å². The van der Waals surface area contributed by atoms with E-state index < -0.39 is 17.6 Å². The summed E-state index contributed by atoms with van der Waals surface area (Å²) in [5.41, 5.74) is -0.224. The van der Waals surface area contributed by atoms with Crippen LogP contribution < -0.4 is 5.32 Å². The fourth-order valence-electron chi connectivity index (χ4n) is 2.91. The van der Waals surface area contributed by atoms with Crippen molar-refractivity contribution in [2.45, 2.75) is 39.8 Å². The SMILES string of the molecule is CC(C)(C)CCC(=O)Nc1nc2ccc(F)cn2c1-c1cccc(C(F)(F)F)c1. The number of amides is 1. The number of aromatic nitrogens is 2. The number of pyridine rings is 1. The molecule has 4 nitrogen and oxygen atoms in total. The van der Waals surface area contributed by atoms with Crippen LogP contribution >= 0.6 is 0 Å². The third-order valence-corrected chi connectivity index (χ3v) is 4.41. The Labute approximate surface area is 165 Å². The topological polar surface area (TPSA) is 46.4 Å². The third kappa shape index (κ3) is 4.93. The summed E-state index contributed by atoms with van der Waals surface area (Å²) in [6.07, 6.45) is -2.55. The van der Waals surface area contributed by atoms with Gasteiger partial charge >= 0.3 is 6.18 Å². The summed E-state index contributed by atoms with van der Waals surface area (Å²) in [5, 5.41) is 2.67. The Morgan fingerprint density at radius 1 is 1.14 bits per heavy atom. The van der Waals surface area contributed by atoms with Crippen LogP contribution in [0.4, 0.5) is 23.4 Å². The number of carbonyl (C=O) groups is 1. The summed E-state index contributed by atoms with van der Waals surface area (Å²) in [6.45, 7) is 6.01. The Balaban J connectivity index is 2.06. The van der Waals surface area contributed by atoms with Gasteiger partial charge in [-0.3, -0.25) is 9.20 Å². The molecule has 154 valence electrons.